The monoisotopic (exact) mass is 459 g/mol. The number of nitrogens with one attached hydrogen (secondary N) is 3. The van der Waals surface area contributed by atoms with E-state index < -0.39 is 0 Å². The molecule has 0 aromatic heterocycles. The molecule has 0 bridgehead atoms. The molecule has 2 aromatic carbocycles. The second-order valence-electron chi connectivity index (χ2n) is 7.31. The van der Waals surface area contributed by atoms with Gasteiger partial charge in [0.25, 0.3) is 5.91 Å². The van der Waals surface area contributed by atoms with Crippen LogP contribution in [0.3, 0.4) is 0 Å². The zero-order valence-electron chi connectivity index (χ0n) is 17.8. The van der Waals surface area contributed by atoms with Crippen LogP contribution >= 0.6 is 11.6 Å². The Balaban J connectivity index is 1.42. The molecule has 8 nitrogen and oxygen atoms in total. The van der Waals surface area contributed by atoms with Gasteiger partial charge in [-0.3, -0.25) is 14.4 Å². The Kier molecular flexibility index (Phi) is 8.47. The maximum Gasteiger partial charge on any atom is 0.252 e. The van der Waals surface area contributed by atoms with E-state index in [0.717, 1.165) is 11.3 Å². The van der Waals surface area contributed by atoms with Gasteiger partial charge < -0.3 is 25.4 Å². The predicted octanol–water partition coefficient (Wildman–Crippen LogP) is 3.40. The van der Waals surface area contributed by atoms with Crippen molar-refractivity contribution in [3.63, 3.8) is 0 Å². The van der Waals surface area contributed by atoms with Crippen LogP contribution in [0, 0.1) is 0 Å². The van der Waals surface area contributed by atoms with E-state index in [2.05, 4.69) is 16.0 Å². The molecule has 0 aliphatic carbocycles. The number of rotatable bonds is 10. The highest BCUT2D eigenvalue weighted by atomic mass is 35.5. The molecule has 0 atom stereocenters. The SMILES string of the molecule is COCCNC(=O)c1ccc(NC(=O)CCCOc2ccc3c(c2)CCC(=O)N3)cc1Cl. The number of aryl methyl sites for hydroxylation is 1. The maximum absolute atomic E-state index is 12.2. The van der Waals surface area contributed by atoms with Gasteiger partial charge in [0.15, 0.2) is 0 Å². The largest absolute Gasteiger partial charge is 0.494 e. The summed E-state index contributed by atoms with van der Waals surface area (Å²) >= 11 is 6.19. The molecule has 0 unspecified atom stereocenters. The molecule has 2 aromatic rings. The van der Waals surface area contributed by atoms with Gasteiger partial charge in [-0.15, -0.1) is 0 Å². The molecule has 0 radical (unpaired) electrons. The van der Waals surface area contributed by atoms with Crippen LogP contribution in [-0.2, 0) is 20.7 Å². The van der Waals surface area contributed by atoms with Crippen LogP contribution in [0.25, 0.3) is 0 Å². The molecule has 3 rings (SSSR count). The lowest BCUT2D eigenvalue weighted by atomic mass is 10.0. The maximum atomic E-state index is 12.2. The smallest absolute Gasteiger partial charge is 0.252 e. The number of methoxy groups -OCH3 is 1. The first-order chi connectivity index (χ1) is 15.5. The lowest BCUT2D eigenvalue weighted by Gasteiger charge is -2.17. The van der Waals surface area contributed by atoms with Crippen LogP contribution in [0.4, 0.5) is 11.4 Å². The van der Waals surface area contributed by atoms with Crippen molar-refractivity contribution >= 4 is 40.7 Å². The highest BCUT2D eigenvalue weighted by Gasteiger charge is 2.15. The number of benzene rings is 2. The van der Waals surface area contributed by atoms with E-state index in [4.69, 9.17) is 21.1 Å². The summed E-state index contributed by atoms with van der Waals surface area (Å²) in [4.78, 5) is 35.7. The van der Waals surface area contributed by atoms with Gasteiger partial charge >= 0.3 is 0 Å². The first-order valence-electron chi connectivity index (χ1n) is 10.4. The number of hydrogen-bond donors (Lipinski definition) is 3. The summed E-state index contributed by atoms with van der Waals surface area (Å²) in [6, 6.07) is 10.3. The number of carbonyl (C=O) groups is 3. The first kappa shape index (κ1) is 23.6. The summed E-state index contributed by atoms with van der Waals surface area (Å²) in [5, 5.41) is 8.56. The minimum Gasteiger partial charge on any atom is -0.494 e. The third kappa shape index (κ3) is 6.70. The Hall–Kier alpha value is -3.10. The number of ether oxygens (including phenoxy) is 2. The van der Waals surface area contributed by atoms with Crippen molar-refractivity contribution in [1.82, 2.24) is 5.32 Å². The summed E-state index contributed by atoms with van der Waals surface area (Å²) in [5.41, 5.74) is 2.72. The Bertz CT molecular complexity index is 996. The Morgan fingerprint density at radius 3 is 2.75 bits per heavy atom. The Morgan fingerprint density at radius 1 is 1.12 bits per heavy atom. The average Bonchev–Trinajstić information content (AvgIpc) is 2.77. The van der Waals surface area contributed by atoms with Crippen LogP contribution in [0.5, 0.6) is 5.75 Å². The van der Waals surface area contributed by atoms with E-state index >= 15 is 0 Å². The van der Waals surface area contributed by atoms with Crippen molar-refractivity contribution in [1.29, 1.82) is 0 Å². The highest BCUT2D eigenvalue weighted by Crippen LogP contribution is 2.27. The lowest BCUT2D eigenvalue weighted by molar-refractivity contribution is -0.117. The van der Waals surface area contributed by atoms with Crippen molar-refractivity contribution in [3.8, 4) is 5.75 Å². The molecule has 0 saturated carbocycles. The summed E-state index contributed by atoms with van der Waals surface area (Å²) < 4.78 is 10.6. The van der Waals surface area contributed by atoms with Gasteiger partial charge in [-0.1, -0.05) is 11.6 Å². The lowest BCUT2D eigenvalue weighted by Crippen LogP contribution is -2.27. The first-order valence-corrected chi connectivity index (χ1v) is 10.8. The molecule has 1 aliphatic heterocycles. The van der Waals surface area contributed by atoms with Crippen molar-refractivity contribution in [2.75, 3.05) is 37.5 Å². The number of amides is 3. The fourth-order valence-electron chi connectivity index (χ4n) is 3.23. The van der Waals surface area contributed by atoms with E-state index in [1.165, 1.54) is 0 Å². The minimum atomic E-state index is -0.299. The standard InChI is InChI=1S/C23H26ClN3O5/c1-31-12-10-25-23(30)18-7-5-16(14-19(18)24)26-21(28)3-2-11-32-17-6-8-20-15(13-17)4-9-22(29)27-20/h5-8,13-14H,2-4,9-12H2,1H3,(H,25,30)(H,26,28)(H,27,29). The van der Waals surface area contributed by atoms with Crippen molar-refractivity contribution < 1.29 is 23.9 Å². The van der Waals surface area contributed by atoms with Crippen molar-refractivity contribution in [3.05, 3.63) is 52.5 Å². The van der Waals surface area contributed by atoms with Crippen molar-refractivity contribution in [2.45, 2.75) is 25.7 Å². The zero-order valence-corrected chi connectivity index (χ0v) is 18.6. The van der Waals surface area contributed by atoms with Gasteiger partial charge in [-0.25, -0.2) is 0 Å². The topological polar surface area (TPSA) is 106 Å². The Morgan fingerprint density at radius 2 is 1.97 bits per heavy atom. The third-order valence-electron chi connectivity index (χ3n) is 4.88. The van der Waals surface area contributed by atoms with Gasteiger partial charge in [-0.2, -0.15) is 0 Å². The summed E-state index contributed by atoms with van der Waals surface area (Å²) in [6.45, 7) is 1.18. The minimum absolute atomic E-state index is 0.0263. The number of fused-ring (bicyclic) bond motifs is 1. The molecule has 3 amide bonds. The van der Waals surface area contributed by atoms with Crippen LogP contribution in [-0.4, -0.2) is 44.6 Å². The number of hydrogen-bond acceptors (Lipinski definition) is 5. The normalized spacial score (nSPS) is 12.5. The molecular formula is C23H26ClN3O5. The summed E-state index contributed by atoms with van der Waals surface area (Å²) in [6.07, 6.45) is 1.97. The second-order valence-corrected chi connectivity index (χ2v) is 7.72. The molecule has 0 saturated heterocycles. The number of anilines is 2. The number of carbonyl (C=O) groups excluding carboxylic acids is 3. The number of halogens is 1. The van der Waals surface area contributed by atoms with E-state index in [1.807, 2.05) is 12.1 Å². The quantitative estimate of drug-likeness (QED) is 0.472. The summed E-state index contributed by atoms with van der Waals surface area (Å²) in [7, 11) is 1.55. The van der Waals surface area contributed by atoms with Crippen LogP contribution in [0.1, 0.15) is 35.2 Å². The van der Waals surface area contributed by atoms with E-state index in [0.29, 0.717) is 56.0 Å². The van der Waals surface area contributed by atoms with Gasteiger partial charge in [0.05, 0.1) is 23.8 Å². The molecule has 0 fully saturated rings. The van der Waals surface area contributed by atoms with Crippen molar-refractivity contribution in [2.24, 2.45) is 0 Å². The Labute approximate surface area is 191 Å². The third-order valence-corrected chi connectivity index (χ3v) is 5.19. The van der Waals surface area contributed by atoms with Crippen LogP contribution in [0.15, 0.2) is 36.4 Å². The molecule has 1 aliphatic rings. The fourth-order valence-corrected chi connectivity index (χ4v) is 3.50. The molecule has 1 heterocycles. The van der Waals surface area contributed by atoms with Gasteiger partial charge in [0.1, 0.15) is 5.75 Å². The molecular weight excluding hydrogens is 434 g/mol. The van der Waals surface area contributed by atoms with E-state index in [-0.39, 0.29) is 29.2 Å². The average molecular weight is 460 g/mol. The van der Waals surface area contributed by atoms with Crippen LogP contribution < -0.4 is 20.7 Å². The van der Waals surface area contributed by atoms with E-state index in [1.54, 1.807) is 31.4 Å². The van der Waals surface area contributed by atoms with Gasteiger partial charge in [0, 0.05) is 37.9 Å². The molecule has 32 heavy (non-hydrogen) atoms. The van der Waals surface area contributed by atoms with Gasteiger partial charge in [-0.05, 0) is 54.8 Å². The molecule has 170 valence electrons. The predicted molar refractivity (Wildman–Crippen MR) is 122 cm³/mol. The molecule has 0 spiro atoms. The zero-order chi connectivity index (χ0) is 22.9. The molecule has 9 heteroatoms. The van der Waals surface area contributed by atoms with Crippen LogP contribution in [0.2, 0.25) is 5.02 Å². The second kappa shape index (κ2) is 11.5. The summed E-state index contributed by atoms with van der Waals surface area (Å²) in [5.74, 6) is 0.270. The highest BCUT2D eigenvalue weighted by molar-refractivity contribution is 6.34. The fraction of sp³-hybridized carbons (Fsp3) is 0.348. The molecule has 3 N–H and O–H groups in total. The van der Waals surface area contributed by atoms with Gasteiger partial charge in [0.2, 0.25) is 11.8 Å². The van der Waals surface area contributed by atoms with E-state index in [9.17, 15) is 14.4 Å².